The van der Waals surface area contributed by atoms with E-state index in [0.29, 0.717) is 33.9 Å². The van der Waals surface area contributed by atoms with Crippen LogP contribution in [0.4, 0.5) is 0 Å². The molecule has 0 fully saturated rings. The summed E-state index contributed by atoms with van der Waals surface area (Å²) < 4.78 is 15.7. The molecular formula is C17H18O6. The lowest BCUT2D eigenvalue weighted by molar-refractivity contribution is 0.165. The molecule has 3 rings (SSSR count). The summed E-state index contributed by atoms with van der Waals surface area (Å²) in [5.41, 5.74) is 1.51. The molecule has 0 heterocycles. The van der Waals surface area contributed by atoms with Gasteiger partial charge in [0.05, 0.1) is 21.3 Å². The zero-order valence-electron chi connectivity index (χ0n) is 13.0. The molecule has 1 aliphatic rings. The largest absolute Gasteiger partial charge is 0.507 e. The first kappa shape index (κ1) is 15.5. The Morgan fingerprint density at radius 3 is 1.87 bits per heavy atom. The van der Waals surface area contributed by atoms with Gasteiger partial charge < -0.3 is 29.5 Å². The van der Waals surface area contributed by atoms with Gasteiger partial charge in [-0.05, 0) is 23.3 Å². The van der Waals surface area contributed by atoms with Crippen molar-refractivity contribution in [1.29, 1.82) is 0 Å². The van der Waals surface area contributed by atoms with Gasteiger partial charge in [0.2, 0.25) is 0 Å². The Bertz CT molecular complexity index is 755. The van der Waals surface area contributed by atoms with Gasteiger partial charge in [-0.15, -0.1) is 0 Å². The topological polar surface area (TPSA) is 88.4 Å². The van der Waals surface area contributed by atoms with E-state index < -0.39 is 12.2 Å². The van der Waals surface area contributed by atoms with Gasteiger partial charge in [0.1, 0.15) is 35.2 Å². The summed E-state index contributed by atoms with van der Waals surface area (Å²) in [6, 6.07) is 6.26. The molecule has 2 aromatic rings. The van der Waals surface area contributed by atoms with E-state index in [-0.39, 0.29) is 11.3 Å². The molecule has 2 unspecified atom stereocenters. The summed E-state index contributed by atoms with van der Waals surface area (Å²) >= 11 is 0. The van der Waals surface area contributed by atoms with E-state index in [1.807, 2.05) is 0 Å². The highest BCUT2D eigenvalue weighted by molar-refractivity contribution is 5.62. The van der Waals surface area contributed by atoms with Gasteiger partial charge in [0.15, 0.2) is 0 Å². The summed E-state index contributed by atoms with van der Waals surface area (Å²) in [4.78, 5) is 0. The predicted molar refractivity (Wildman–Crippen MR) is 82.3 cm³/mol. The number of phenolic OH excluding ortho intramolecular Hbond substituents is 1. The number of hydrogen-bond donors (Lipinski definition) is 3. The summed E-state index contributed by atoms with van der Waals surface area (Å²) in [5.74, 6) is 1.13. The summed E-state index contributed by atoms with van der Waals surface area (Å²) in [7, 11) is 4.44. The maximum absolute atomic E-state index is 10.7. The Kier molecular flexibility index (Phi) is 3.79. The number of fused-ring (bicyclic) bond motifs is 2. The van der Waals surface area contributed by atoms with Crippen molar-refractivity contribution in [1.82, 2.24) is 0 Å². The highest BCUT2D eigenvalue weighted by atomic mass is 16.5. The molecule has 0 radical (unpaired) electrons. The van der Waals surface area contributed by atoms with Crippen molar-refractivity contribution in [2.24, 2.45) is 0 Å². The number of rotatable bonds is 3. The fourth-order valence-electron chi connectivity index (χ4n) is 3.01. The molecule has 0 amide bonds. The molecule has 0 aromatic heterocycles. The average Bonchev–Trinajstić information content (AvgIpc) is 2.57. The smallest absolute Gasteiger partial charge is 0.129 e. The van der Waals surface area contributed by atoms with Crippen LogP contribution in [0.1, 0.15) is 34.5 Å². The van der Waals surface area contributed by atoms with E-state index in [1.165, 1.54) is 27.4 Å². The molecule has 0 saturated carbocycles. The third-order valence-corrected chi connectivity index (χ3v) is 4.14. The van der Waals surface area contributed by atoms with E-state index >= 15 is 0 Å². The van der Waals surface area contributed by atoms with Gasteiger partial charge in [-0.25, -0.2) is 0 Å². The molecule has 122 valence electrons. The van der Waals surface area contributed by atoms with Crippen molar-refractivity contribution in [3.63, 3.8) is 0 Å². The first-order valence-electron chi connectivity index (χ1n) is 7.04. The average molecular weight is 318 g/mol. The minimum atomic E-state index is -1.13. The second-order valence-electron chi connectivity index (χ2n) is 5.29. The Balaban J connectivity index is 2.28. The molecule has 2 aromatic carbocycles. The minimum Gasteiger partial charge on any atom is -0.507 e. The second kappa shape index (κ2) is 5.64. The molecule has 0 spiro atoms. The van der Waals surface area contributed by atoms with Crippen LogP contribution in [-0.4, -0.2) is 36.6 Å². The molecule has 23 heavy (non-hydrogen) atoms. The van der Waals surface area contributed by atoms with Crippen LogP contribution in [0.15, 0.2) is 24.3 Å². The van der Waals surface area contributed by atoms with Gasteiger partial charge in [0, 0.05) is 23.3 Å². The van der Waals surface area contributed by atoms with Crippen LogP contribution in [-0.2, 0) is 0 Å². The maximum atomic E-state index is 10.7. The fraction of sp³-hybridized carbons (Fsp3) is 0.294. The fourth-order valence-corrected chi connectivity index (χ4v) is 3.01. The van der Waals surface area contributed by atoms with Crippen molar-refractivity contribution in [3.8, 4) is 23.0 Å². The Morgan fingerprint density at radius 1 is 0.739 bits per heavy atom. The monoisotopic (exact) mass is 318 g/mol. The van der Waals surface area contributed by atoms with Crippen molar-refractivity contribution in [2.45, 2.75) is 12.2 Å². The number of aliphatic hydroxyl groups is 2. The summed E-state index contributed by atoms with van der Waals surface area (Å²) in [6.07, 6.45) is -2.18. The van der Waals surface area contributed by atoms with Crippen molar-refractivity contribution in [3.05, 3.63) is 46.5 Å². The maximum Gasteiger partial charge on any atom is 0.129 e. The van der Waals surface area contributed by atoms with E-state index in [4.69, 9.17) is 14.2 Å². The lowest BCUT2D eigenvalue weighted by atomic mass is 9.80. The number of aromatic hydroxyl groups is 1. The number of benzene rings is 2. The first-order chi connectivity index (χ1) is 11.0. The summed E-state index contributed by atoms with van der Waals surface area (Å²) in [5, 5.41) is 31.7. The zero-order chi connectivity index (χ0) is 16.7. The number of ether oxygens (including phenoxy) is 3. The lowest BCUT2D eigenvalue weighted by Gasteiger charge is -2.31. The lowest BCUT2D eigenvalue weighted by Crippen LogP contribution is -2.19. The van der Waals surface area contributed by atoms with Gasteiger partial charge in [-0.2, -0.15) is 0 Å². The van der Waals surface area contributed by atoms with Crippen LogP contribution in [0.2, 0.25) is 0 Å². The molecule has 0 aliphatic heterocycles. The SMILES string of the molecule is COc1cc(O)c2c(c1)C(O)c1cc(OC)cc(OC)c1C2O. The zero-order valence-corrected chi connectivity index (χ0v) is 13.0. The van der Waals surface area contributed by atoms with E-state index in [2.05, 4.69) is 0 Å². The Labute approximate surface area is 133 Å². The van der Waals surface area contributed by atoms with Gasteiger partial charge in [0.25, 0.3) is 0 Å². The molecular weight excluding hydrogens is 300 g/mol. The molecule has 6 heteroatoms. The predicted octanol–water partition coefficient (Wildman–Crippen LogP) is 1.89. The third-order valence-electron chi connectivity index (χ3n) is 4.14. The highest BCUT2D eigenvalue weighted by Crippen LogP contribution is 2.50. The second-order valence-corrected chi connectivity index (χ2v) is 5.29. The number of hydrogen-bond acceptors (Lipinski definition) is 6. The van der Waals surface area contributed by atoms with Crippen molar-refractivity contribution in [2.75, 3.05) is 21.3 Å². The van der Waals surface area contributed by atoms with E-state index in [0.717, 1.165) is 0 Å². The van der Waals surface area contributed by atoms with Crippen LogP contribution in [0, 0.1) is 0 Å². The van der Waals surface area contributed by atoms with Gasteiger partial charge in [-0.1, -0.05) is 0 Å². The molecule has 0 bridgehead atoms. The van der Waals surface area contributed by atoms with E-state index in [9.17, 15) is 15.3 Å². The van der Waals surface area contributed by atoms with Crippen LogP contribution in [0.25, 0.3) is 0 Å². The quantitative estimate of drug-likeness (QED) is 0.801. The molecule has 0 saturated heterocycles. The first-order valence-corrected chi connectivity index (χ1v) is 7.04. The van der Waals surface area contributed by atoms with Gasteiger partial charge >= 0.3 is 0 Å². The summed E-state index contributed by atoms with van der Waals surface area (Å²) in [6.45, 7) is 0. The normalized spacial score (nSPS) is 18.8. The third kappa shape index (κ3) is 2.27. The molecule has 2 atom stereocenters. The minimum absolute atomic E-state index is 0.144. The molecule has 1 aliphatic carbocycles. The van der Waals surface area contributed by atoms with Crippen LogP contribution >= 0.6 is 0 Å². The van der Waals surface area contributed by atoms with E-state index in [1.54, 1.807) is 18.2 Å². The Morgan fingerprint density at radius 2 is 1.30 bits per heavy atom. The van der Waals surface area contributed by atoms with Crippen LogP contribution in [0.3, 0.4) is 0 Å². The van der Waals surface area contributed by atoms with Crippen LogP contribution in [0.5, 0.6) is 23.0 Å². The Hall–Kier alpha value is -2.44. The number of phenols is 1. The molecule has 6 nitrogen and oxygen atoms in total. The number of methoxy groups -OCH3 is 3. The standard InChI is InChI=1S/C17H18O6/c1-21-8-4-10-14(12(18)6-8)17(20)15-11(16(10)19)5-9(22-2)7-13(15)23-3/h4-7,16-20H,1-3H3. The highest BCUT2D eigenvalue weighted by Gasteiger charge is 2.36. The number of aliphatic hydroxyl groups excluding tert-OH is 2. The van der Waals surface area contributed by atoms with Gasteiger partial charge in [-0.3, -0.25) is 0 Å². The molecule has 3 N–H and O–H groups in total. The van der Waals surface area contributed by atoms with Crippen LogP contribution < -0.4 is 14.2 Å². The van der Waals surface area contributed by atoms with Crippen molar-refractivity contribution >= 4 is 0 Å². The van der Waals surface area contributed by atoms with Crippen molar-refractivity contribution < 1.29 is 29.5 Å².